The Morgan fingerprint density at radius 3 is 2.35 bits per heavy atom. The van der Waals surface area contributed by atoms with Crippen molar-refractivity contribution in [3.8, 4) is 0 Å². The topological polar surface area (TPSA) is 63.4 Å². The van der Waals surface area contributed by atoms with E-state index >= 15 is 0 Å². The van der Waals surface area contributed by atoms with Gasteiger partial charge in [0.25, 0.3) is 0 Å². The average molecular weight is 260 g/mol. The molecule has 1 aliphatic heterocycles. The normalized spacial score (nSPS) is 26.7. The third-order valence-corrected chi connectivity index (χ3v) is 6.36. The molecule has 2 N–H and O–H groups in total. The van der Waals surface area contributed by atoms with Gasteiger partial charge in [-0.25, -0.2) is 8.42 Å². The largest absolute Gasteiger partial charge is 0.323 e. The van der Waals surface area contributed by atoms with Crippen molar-refractivity contribution in [1.82, 2.24) is 4.31 Å². The molecule has 1 saturated heterocycles. The second kappa shape index (κ2) is 4.86. The summed E-state index contributed by atoms with van der Waals surface area (Å²) in [6.45, 7) is 3.15. The summed E-state index contributed by atoms with van der Waals surface area (Å²) in [6.07, 6.45) is 6.91. The Morgan fingerprint density at radius 1 is 1.24 bits per heavy atom. The summed E-state index contributed by atoms with van der Waals surface area (Å²) in [7, 11) is -3.06. The average Bonchev–Trinajstić information content (AvgIpc) is 2.27. The second-order valence-corrected chi connectivity index (χ2v) is 7.90. The van der Waals surface area contributed by atoms with Gasteiger partial charge in [-0.15, -0.1) is 0 Å². The van der Waals surface area contributed by atoms with Gasteiger partial charge in [0.2, 0.25) is 10.0 Å². The van der Waals surface area contributed by atoms with Crippen molar-refractivity contribution in [1.29, 1.82) is 0 Å². The van der Waals surface area contributed by atoms with Crippen LogP contribution in [-0.2, 0) is 10.0 Å². The zero-order valence-corrected chi connectivity index (χ0v) is 11.5. The molecule has 0 amide bonds. The van der Waals surface area contributed by atoms with Gasteiger partial charge in [-0.2, -0.15) is 4.31 Å². The molecule has 1 saturated carbocycles. The first kappa shape index (κ1) is 13.3. The molecule has 2 aliphatic rings. The number of nitrogens with two attached hydrogens (primary N) is 1. The Balaban J connectivity index is 1.95. The fraction of sp³-hybridized carbons (Fsp3) is 1.00. The summed E-state index contributed by atoms with van der Waals surface area (Å²) < 4.78 is 26.3. The first-order valence-electron chi connectivity index (χ1n) is 6.76. The van der Waals surface area contributed by atoms with Crippen LogP contribution in [0.5, 0.6) is 0 Å². The summed E-state index contributed by atoms with van der Waals surface area (Å²) in [6, 6.07) is 0. The summed E-state index contributed by atoms with van der Waals surface area (Å²) in [4.78, 5) is 0. The Bertz CT molecular complexity index is 355. The zero-order chi connectivity index (χ0) is 12.5. The highest BCUT2D eigenvalue weighted by molar-refractivity contribution is 7.89. The molecule has 0 bridgehead atoms. The fourth-order valence-electron chi connectivity index (χ4n) is 3.07. The third kappa shape index (κ3) is 2.66. The van der Waals surface area contributed by atoms with Gasteiger partial charge in [0, 0.05) is 18.6 Å². The van der Waals surface area contributed by atoms with E-state index in [1.807, 2.05) is 0 Å². The molecule has 0 aromatic rings. The van der Waals surface area contributed by atoms with Gasteiger partial charge in [-0.1, -0.05) is 32.6 Å². The summed E-state index contributed by atoms with van der Waals surface area (Å²) in [5, 5.41) is -0.137. The van der Waals surface area contributed by atoms with E-state index in [1.54, 1.807) is 4.31 Å². The quantitative estimate of drug-likeness (QED) is 0.832. The summed E-state index contributed by atoms with van der Waals surface area (Å²) in [5.74, 6) is 0. The van der Waals surface area contributed by atoms with E-state index < -0.39 is 10.0 Å². The van der Waals surface area contributed by atoms with Crippen molar-refractivity contribution in [2.45, 2.75) is 62.7 Å². The van der Waals surface area contributed by atoms with E-state index in [4.69, 9.17) is 5.73 Å². The first-order valence-corrected chi connectivity index (χ1v) is 8.26. The van der Waals surface area contributed by atoms with Gasteiger partial charge in [0.15, 0.2) is 0 Å². The number of nitrogens with zero attached hydrogens (tertiary/aromatic N) is 1. The van der Waals surface area contributed by atoms with Crippen molar-refractivity contribution in [2.24, 2.45) is 5.73 Å². The molecule has 0 aromatic carbocycles. The molecule has 1 aliphatic carbocycles. The van der Waals surface area contributed by atoms with Crippen LogP contribution in [0.3, 0.4) is 0 Å². The van der Waals surface area contributed by atoms with Gasteiger partial charge in [-0.05, 0) is 19.3 Å². The second-order valence-electron chi connectivity index (χ2n) is 5.69. The predicted octanol–water partition coefficient (Wildman–Crippen LogP) is 1.46. The Hall–Kier alpha value is -0.130. The van der Waals surface area contributed by atoms with Crippen molar-refractivity contribution in [3.63, 3.8) is 0 Å². The Kier molecular flexibility index (Phi) is 3.80. The molecule has 1 heterocycles. The molecule has 0 spiro atoms. The standard InChI is InChI=1S/C12H24N2O2S/c1-2-8-12(13)9-14(10-12)17(15,16)11-6-4-3-5-7-11/h11H,2-10,13H2,1H3. The highest BCUT2D eigenvalue weighted by atomic mass is 32.2. The van der Waals surface area contributed by atoms with E-state index in [9.17, 15) is 8.42 Å². The van der Waals surface area contributed by atoms with Gasteiger partial charge in [0.05, 0.1) is 5.25 Å². The van der Waals surface area contributed by atoms with Crippen LogP contribution in [0.15, 0.2) is 0 Å². The Morgan fingerprint density at radius 2 is 1.82 bits per heavy atom. The molecule has 0 unspecified atom stereocenters. The van der Waals surface area contributed by atoms with E-state index in [2.05, 4.69) is 6.92 Å². The molecule has 2 rings (SSSR count). The zero-order valence-electron chi connectivity index (χ0n) is 10.7. The maximum atomic E-state index is 12.3. The highest BCUT2D eigenvalue weighted by Crippen LogP contribution is 2.32. The van der Waals surface area contributed by atoms with E-state index in [-0.39, 0.29) is 10.8 Å². The Labute approximate surface area is 105 Å². The van der Waals surface area contributed by atoms with Gasteiger partial charge >= 0.3 is 0 Å². The summed E-state index contributed by atoms with van der Waals surface area (Å²) in [5.41, 5.74) is 5.87. The molecule has 5 heteroatoms. The van der Waals surface area contributed by atoms with Crippen LogP contribution in [0.4, 0.5) is 0 Å². The molecule has 4 nitrogen and oxygen atoms in total. The fourth-order valence-corrected chi connectivity index (χ4v) is 5.29. The third-order valence-electron chi connectivity index (χ3n) is 4.06. The molecular formula is C12H24N2O2S. The van der Waals surface area contributed by atoms with Crippen molar-refractivity contribution < 1.29 is 8.42 Å². The minimum absolute atomic E-state index is 0.137. The first-order chi connectivity index (χ1) is 7.98. The van der Waals surface area contributed by atoms with Crippen molar-refractivity contribution in [3.05, 3.63) is 0 Å². The predicted molar refractivity (Wildman–Crippen MR) is 69.2 cm³/mol. The highest BCUT2D eigenvalue weighted by Gasteiger charge is 2.46. The van der Waals surface area contributed by atoms with Crippen LogP contribution < -0.4 is 5.73 Å². The lowest BCUT2D eigenvalue weighted by Crippen LogP contribution is -2.69. The maximum Gasteiger partial charge on any atom is 0.217 e. The molecule has 0 atom stereocenters. The molecule has 0 aromatic heterocycles. The maximum absolute atomic E-state index is 12.3. The van der Waals surface area contributed by atoms with Crippen LogP contribution in [0, 0.1) is 0 Å². The summed E-state index contributed by atoms with van der Waals surface area (Å²) >= 11 is 0. The van der Waals surface area contributed by atoms with Crippen LogP contribution >= 0.6 is 0 Å². The SMILES string of the molecule is CCCC1(N)CN(S(=O)(=O)C2CCCCC2)C1. The van der Waals surface area contributed by atoms with Crippen molar-refractivity contribution >= 4 is 10.0 Å². The van der Waals surface area contributed by atoms with Crippen LogP contribution in [-0.4, -0.2) is 36.6 Å². The lowest BCUT2D eigenvalue weighted by molar-refractivity contribution is 0.144. The van der Waals surface area contributed by atoms with Gasteiger partial charge in [-0.3, -0.25) is 0 Å². The molecule has 100 valence electrons. The van der Waals surface area contributed by atoms with Gasteiger partial charge in [0.1, 0.15) is 0 Å². The van der Waals surface area contributed by atoms with Gasteiger partial charge < -0.3 is 5.73 Å². The van der Waals surface area contributed by atoms with E-state index in [1.165, 1.54) is 6.42 Å². The van der Waals surface area contributed by atoms with Crippen LogP contribution in [0.1, 0.15) is 51.9 Å². The lowest BCUT2D eigenvalue weighted by atomic mass is 9.89. The number of hydrogen-bond acceptors (Lipinski definition) is 3. The molecule has 0 radical (unpaired) electrons. The lowest BCUT2D eigenvalue weighted by Gasteiger charge is -2.48. The van der Waals surface area contributed by atoms with E-state index in [0.717, 1.165) is 38.5 Å². The van der Waals surface area contributed by atoms with Crippen LogP contribution in [0.2, 0.25) is 0 Å². The smallest absolute Gasteiger partial charge is 0.217 e. The minimum Gasteiger partial charge on any atom is -0.323 e. The number of hydrogen-bond donors (Lipinski definition) is 1. The van der Waals surface area contributed by atoms with Crippen molar-refractivity contribution in [2.75, 3.05) is 13.1 Å². The molecular weight excluding hydrogens is 236 g/mol. The molecule has 2 fully saturated rings. The van der Waals surface area contributed by atoms with Crippen LogP contribution in [0.25, 0.3) is 0 Å². The molecule has 17 heavy (non-hydrogen) atoms. The minimum atomic E-state index is -3.06. The monoisotopic (exact) mass is 260 g/mol. The number of sulfonamides is 1. The number of rotatable bonds is 4. The van der Waals surface area contributed by atoms with E-state index in [0.29, 0.717) is 13.1 Å².